The lowest BCUT2D eigenvalue weighted by molar-refractivity contribution is -0.134. The van der Waals surface area contributed by atoms with Gasteiger partial charge in [-0.05, 0) is 43.5 Å². The first-order valence-corrected chi connectivity index (χ1v) is 8.22. The summed E-state index contributed by atoms with van der Waals surface area (Å²) in [4.78, 5) is 27.5. The van der Waals surface area contributed by atoms with Crippen LogP contribution in [0.2, 0.25) is 0 Å². The Morgan fingerprint density at radius 2 is 2.00 bits per heavy atom. The van der Waals surface area contributed by atoms with Crippen LogP contribution in [-0.2, 0) is 9.59 Å². The molecule has 2 aliphatic heterocycles. The molecule has 1 unspecified atom stereocenters. The van der Waals surface area contributed by atoms with Crippen LogP contribution in [0.25, 0.3) is 0 Å². The zero-order chi connectivity index (χ0) is 16.2. The summed E-state index contributed by atoms with van der Waals surface area (Å²) in [7, 11) is 0. The van der Waals surface area contributed by atoms with Crippen molar-refractivity contribution in [2.24, 2.45) is 5.73 Å². The van der Waals surface area contributed by atoms with Crippen molar-refractivity contribution in [3.63, 3.8) is 0 Å². The molecule has 2 amide bonds. The highest BCUT2D eigenvalue weighted by molar-refractivity contribution is 5.95. The molecule has 6 heteroatoms. The fraction of sp³-hybridized carbons (Fsp3) is 0.529. The quantitative estimate of drug-likeness (QED) is 0.883. The number of anilines is 1. The van der Waals surface area contributed by atoms with Gasteiger partial charge in [0.05, 0.1) is 0 Å². The van der Waals surface area contributed by atoms with Crippen LogP contribution in [0, 0.1) is 0 Å². The van der Waals surface area contributed by atoms with Crippen LogP contribution in [0.5, 0.6) is 5.75 Å². The lowest BCUT2D eigenvalue weighted by Gasteiger charge is -2.23. The third-order valence-electron chi connectivity index (χ3n) is 4.55. The van der Waals surface area contributed by atoms with Gasteiger partial charge in [-0.3, -0.25) is 9.59 Å². The summed E-state index contributed by atoms with van der Waals surface area (Å²) in [6.07, 6.45) is 3.50. The van der Waals surface area contributed by atoms with E-state index < -0.39 is 0 Å². The maximum absolute atomic E-state index is 12.2. The molecule has 2 saturated heterocycles. The van der Waals surface area contributed by atoms with Gasteiger partial charge in [-0.25, -0.2) is 0 Å². The van der Waals surface area contributed by atoms with Crippen molar-refractivity contribution in [2.45, 2.75) is 31.7 Å². The van der Waals surface area contributed by atoms with Gasteiger partial charge in [0.25, 0.3) is 5.91 Å². The third-order valence-corrected chi connectivity index (χ3v) is 4.55. The van der Waals surface area contributed by atoms with Crippen LogP contribution < -0.4 is 15.4 Å². The predicted octanol–water partition coefficient (Wildman–Crippen LogP) is 1.14. The number of likely N-dealkylation sites (tertiary alicyclic amines) is 1. The fourth-order valence-corrected chi connectivity index (χ4v) is 3.28. The molecule has 23 heavy (non-hydrogen) atoms. The van der Waals surface area contributed by atoms with Crippen molar-refractivity contribution in [1.29, 1.82) is 0 Å². The second kappa shape index (κ2) is 7.00. The van der Waals surface area contributed by atoms with Crippen LogP contribution in [0.15, 0.2) is 24.3 Å². The highest BCUT2D eigenvalue weighted by Gasteiger charge is 2.27. The number of hydrogen-bond acceptors (Lipinski definition) is 4. The van der Waals surface area contributed by atoms with E-state index in [1.54, 1.807) is 17.0 Å². The fourth-order valence-electron chi connectivity index (χ4n) is 3.28. The van der Waals surface area contributed by atoms with Gasteiger partial charge in [0.1, 0.15) is 5.75 Å². The SMILES string of the molecule is NCC1CCCN1C(=O)COc1ccc(N2CCCC2=O)cc1. The molecular formula is C17H23N3O3. The molecule has 3 rings (SSSR count). The van der Waals surface area contributed by atoms with E-state index in [0.717, 1.165) is 38.0 Å². The number of nitrogens with zero attached hydrogens (tertiary/aromatic N) is 2. The number of benzene rings is 1. The van der Waals surface area contributed by atoms with E-state index in [-0.39, 0.29) is 24.5 Å². The summed E-state index contributed by atoms with van der Waals surface area (Å²) >= 11 is 0. The Labute approximate surface area is 136 Å². The summed E-state index contributed by atoms with van der Waals surface area (Å²) in [5.41, 5.74) is 6.57. The lowest BCUT2D eigenvalue weighted by Crippen LogP contribution is -2.42. The summed E-state index contributed by atoms with van der Waals surface area (Å²) in [6.45, 7) is 2.07. The molecule has 1 atom stereocenters. The summed E-state index contributed by atoms with van der Waals surface area (Å²) in [5, 5.41) is 0. The molecule has 0 spiro atoms. The van der Waals surface area contributed by atoms with E-state index >= 15 is 0 Å². The van der Waals surface area contributed by atoms with Crippen molar-refractivity contribution in [1.82, 2.24) is 4.90 Å². The van der Waals surface area contributed by atoms with Crippen molar-refractivity contribution >= 4 is 17.5 Å². The molecule has 6 nitrogen and oxygen atoms in total. The Hall–Kier alpha value is -2.08. The molecule has 1 aromatic carbocycles. The maximum atomic E-state index is 12.2. The second-order valence-corrected chi connectivity index (χ2v) is 6.05. The van der Waals surface area contributed by atoms with Crippen molar-refractivity contribution in [2.75, 3.05) is 31.1 Å². The maximum Gasteiger partial charge on any atom is 0.260 e. The standard InChI is InChI=1S/C17H23N3O3/c18-11-14-3-1-9-20(14)17(22)12-23-15-7-5-13(6-8-15)19-10-2-4-16(19)21/h5-8,14H,1-4,9-12,18H2. The Kier molecular flexibility index (Phi) is 4.81. The Balaban J connectivity index is 1.54. The molecule has 0 saturated carbocycles. The lowest BCUT2D eigenvalue weighted by atomic mass is 10.2. The first-order chi connectivity index (χ1) is 11.2. The molecule has 0 aliphatic carbocycles. The Bertz CT molecular complexity index is 573. The van der Waals surface area contributed by atoms with Crippen molar-refractivity contribution in [3.05, 3.63) is 24.3 Å². The van der Waals surface area contributed by atoms with E-state index in [0.29, 0.717) is 18.7 Å². The van der Waals surface area contributed by atoms with Crippen LogP contribution in [-0.4, -0.2) is 49.0 Å². The molecule has 0 aromatic heterocycles. The van der Waals surface area contributed by atoms with E-state index in [2.05, 4.69) is 0 Å². The Morgan fingerprint density at radius 1 is 1.22 bits per heavy atom. The Morgan fingerprint density at radius 3 is 2.65 bits per heavy atom. The summed E-state index contributed by atoms with van der Waals surface area (Å²) in [5.74, 6) is 0.782. The number of carbonyl (C=O) groups excluding carboxylic acids is 2. The second-order valence-electron chi connectivity index (χ2n) is 6.05. The molecule has 2 N–H and O–H groups in total. The molecule has 2 aliphatic rings. The van der Waals surface area contributed by atoms with Gasteiger partial charge in [-0.2, -0.15) is 0 Å². The number of hydrogen-bond donors (Lipinski definition) is 1. The normalized spacial score (nSPS) is 21.1. The molecule has 0 bridgehead atoms. The van der Waals surface area contributed by atoms with Crippen molar-refractivity contribution < 1.29 is 14.3 Å². The monoisotopic (exact) mass is 317 g/mol. The van der Waals surface area contributed by atoms with Gasteiger partial charge in [-0.1, -0.05) is 0 Å². The third kappa shape index (κ3) is 3.47. The van der Waals surface area contributed by atoms with Crippen molar-refractivity contribution in [3.8, 4) is 5.75 Å². The minimum Gasteiger partial charge on any atom is -0.484 e. The van der Waals surface area contributed by atoms with Crippen LogP contribution >= 0.6 is 0 Å². The number of carbonyl (C=O) groups is 2. The highest BCUT2D eigenvalue weighted by atomic mass is 16.5. The number of nitrogens with two attached hydrogens (primary N) is 1. The number of amides is 2. The molecule has 2 heterocycles. The highest BCUT2D eigenvalue weighted by Crippen LogP contribution is 2.24. The molecule has 124 valence electrons. The minimum absolute atomic E-state index is 0.0169. The largest absolute Gasteiger partial charge is 0.484 e. The van der Waals surface area contributed by atoms with Crippen LogP contribution in [0.3, 0.4) is 0 Å². The van der Waals surface area contributed by atoms with Gasteiger partial charge >= 0.3 is 0 Å². The summed E-state index contributed by atoms with van der Waals surface area (Å²) in [6, 6.07) is 7.48. The average molecular weight is 317 g/mol. The number of ether oxygens (including phenoxy) is 1. The average Bonchev–Trinajstić information content (AvgIpc) is 3.21. The topological polar surface area (TPSA) is 75.9 Å². The molecule has 1 aromatic rings. The van der Waals surface area contributed by atoms with E-state index in [4.69, 9.17) is 10.5 Å². The zero-order valence-corrected chi connectivity index (χ0v) is 13.2. The predicted molar refractivity (Wildman–Crippen MR) is 87.3 cm³/mol. The zero-order valence-electron chi connectivity index (χ0n) is 13.2. The van der Waals surface area contributed by atoms with Gasteiger partial charge in [-0.15, -0.1) is 0 Å². The first-order valence-electron chi connectivity index (χ1n) is 8.22. The van der Waals surface area contributed by atoms with Crippen LogP contribution in [0.4, 0.5) is 5.69 Å². The summed E-state index contributed by atoms with van der Waals surface area (Å²) < 4.78 is 5.58. The molecule has 0 radical (unpaired) electrons. The van der Waals surface area contributed by atoms with Gasteiger partial charge in [0, 0.05) is 37.8 Å². The first kappa shape index (κ1) is 15.8. The van der Waals surface area contributed by atoms with E-state index in [9.17, 15) is 9.59 Å². The number of rotatable bonds is 5. The van der Waals surface area contributed by atoms with E-state index in [1.807, 2.05) is 17.0 Å². The van der Waals surface area contributed by atoms with Gasteiger partial charge in [0.2, 0.25) is 5.91 Å². The van der Waals surface area contributed by atoms with Crippen LogP contribution in [0.1, 0.15) is 25.7 Å². The van der Waals surface area contributed by atoms with E-state index in [1.165, 1.54) is 0 Å². The molecular weight excluding hydrogens is 294 g/mol. The molecule has 2 fully saturated rings. The van der Waals surface area contributed by atoms with Gasteiger partial charge in [0.15, 0.2) is 6.61 Å². The smallest absolute Gasteiger partial charge is 0.260 e. The van der Waals surface area contributed by atoms with Gasteiger partial charge < -0.3 is 20.3 Å². The minimum atomic E-state index is -0.0169.